The lowest BCUT2D eigenvalue weighted by molar-refractivity contribution is 0.0306. The van der Waals surface area contributed by atoms with Crippen LogP contribution in [0.2, 0.25) is 0 Å². The first kappa shape index (κ1) is 18.9. The summed E-state index contributed by atoms with van der Waals surface area (Å²) < 4.78 is 35.4. The van der Waals surface area contributed by atoms with Crippen molar-refractivity contribution in [3.8, 4) is 5.69 Å². The van der Waals surface area contributed by atoms with Crippen LogP contribution in [0.5, 0.6) is 0 Å². The van der Waals surface area contributed by atoms with E-state index in [2.05, 4.69) is 9.82 Å². The minimum absolute atomic E-state index is 0.0138. The van der Waals surface area contributed by atoms with Gasteiger partial charge in [0.25, 0.3) is 0 Å². The molecule has 2 heterocycles. The maximum absolute atomic E-state index is 12.6. The van der Waals surface area contributed by atoms with E-state index in [1.165, 1.54) is 0 Å². The van der Waals surface area contributed by atoms with Crippen molar-refractivity contribution in [2.24, 2.45) is 0 Å². The van der Waals surface area contributed by atoms with E-state index in [0.717, 1.165) is 36.2 Å². The van der Waals surface area contributed by atoms with Crippen molar-refractivity contribution in [2.75, 3.05) is 17.1 Å². The number of para-hydroxylation sites is 1. The Bertz CT molecular complexity index is 853. The lowest BCUT2D eigenvalue weighted by Gasteiger charge is -2.22. The summed E-state index contributed by atoms with van der Waals surface area (Å²) in [7, 11) is -3.50. The summed E-state index contributed by atoms with van der Waals surface area (Å²) in [4.78, 5) is 0. The monoisotopic (exact) mass is 377 g/mol. The number of rotatable bonds is 6. The van der Waals surface area contributed by atoms with Crippen LogP contribution < -0.4 is 4.72 Å². The van der Waals surface area contributed by atoms with Crippen LogP contribution in [0.3, 0.4) is 0 Å². The molecule has 0 amide bonds. The average Bonchev–Trinajstić information content (AvgIpc) is 2.98. The molecule has 0 unspecified atom stereocenters. The molecule has 1 aliphatic heterocycles. The summed E-state index contributed by atoms with van der Waals surface area (Å²) in [6.07, 6.45) is 4.18. The third-order valence-electron chi connectivity index (χ3n) is 4.64. The van der Waals surface area contributed by atoms with Crippen molar-refractivity contribution >= 4 is 15.7 Å². The normalized spacial score (nSPS) is 18.2. The van der Waals surface area contributed by atoms with Gasteiger partial charge in [-0.1, -0.05) is 32.0 Å². The highest BCUT2D eigenvalue weighted by Crippen LogP contribution is 2.29. The minimum atomic E-state index is -3.50. The third-order valence-corrected chi connectivity index (χ3v) is 5.98. The van der Waals surface area contributed by atoms with Crippen molar-refractivity contribution < 1.29 is 13.2 Å². The minimum Gasteiger partial charge on any atom is -0.377 e. The molecule has 1 saturated heterocycles. The number of anilines is 1. The number of nitrogens with zero attached hydrogens (tertiary/aromatic N) is 2. The zero-order chi connectivity index (χ0) is 18.7. The fourth-order valence-electron chi connectivity index (χ4n) is 3.38. The maximum atomic E-state index is 12.6. The van der Waals surface area contributed by atoms with Crippen molar-refractivity contribution in [3.63, 3.8) is 0 Å². The van der Waals surface area contributed by atoms with E-state index in [-0.39, 0.29) is 17.8 Å². The lowest BCUT2D eigenvalue weighted by Crippen LogP contribution is -2.31. The summed E-state index contributed by atoms with van der Waals surface area (Å²) in [6, 6.07) is 7.94. The van der Waals surface area contributed by atoms with Crippen LogP contribution in [0.15, 0.2) is 30.5 Å². The quantitative estimate of drug-likeness (QED) is 0.834. The summed E-state index contributed by atoms with van der Waals surface area (Å²) in [5.41, 5.74) is 3.44. The van der Waals surface area contributed by atoms with Crippen LogP contribution in [0.1, 0.15) is 50.3 Å². The van der Waals surface area contributed by atoms with Gasteiger partial charge in [-0.2, -0.15) is 5.10 Å². The molecule has 0 aliphatic carbocycles. The number of hydrogen-bond donors (Lipinski definition) is 1. The Morgan fingerprint density at radius 2 is 2.08 bits per heavy atom. The maximum Gasteiger partial charge on any atom is 0.235 e. The van der Waals surface area contributed by atoms with E-state index in [9.17, 15) is 8.42 Å². The highest BCUT2D eigenvalue weighted by molar-refractivity contribution is 7.92. The van der Waals surface area contributed by atoms with Crippen molar-refractivity contribution in [1.29, 1.82) is 0 Å². The Kier molecular flexibility index (Phi) is 5.67. The molecule has 1 aliphatic rings. The number of aryl methyl sites for hydroxylation is 1. The third kappa shape index (κ3) is 4.27. The molecule has 0 saturated carbocycles. The highest BCUT2D eigenvalue weighted by Gasteiger charge is 2.25. The first-order valence-corrected chi connectivity index (χ1v) is 10.8. The average molecular weight is 378 g/mol. The molecule has 3 rings (SSSR count). The first-order chi connectivity index (χ1) is 12.4. The second-order valence-electron chi connectivity index (χ2n) is 7.17. The van der Waals surface area contributed by atoms with Gasteiger partial charge in [-0.15, -0.1) is 0 Å². The molecular formula is C19H27N3O3S. The fraction of sp³-hybridized carbons (Fsp3) is 0.526. The Morgan fingerprint density at radius 1 is 1.31 bits per heavy atom. The Morgan fingerprint density at radius 3 is 2.73 bits per heavy atom. The van der Waals surface area contributed by atoms with Crippen molar-refractivity contribution in [2.45, 2.75) is 52.1 Å². The standard InChI is InChI=1S/C19H27N3O3S/c1-14(2)19-17(12-20-22(19)18-10-5-4-8-15(18)3)21-26(23,24)13-16-9-6-7-11-25-16/h4-5,8,10,12,14,16,21H,6-7,9,11,13H2,1-3H3/t16-/m0/s1. The summed E-state index contributed by atoms with van der Waals surface area (Å²) in [5, 5.41) is 4.46. The van der Waals surface area contributed by atoms with E-state index < -0.39 is 10.0 Å². The van der Waals surface area contributed by atoms with Crippen LogP contribution in [0, 0.1) is 6.92 Å². The second kappa shape index (κ2) is 7.80. The summed E-state index contributed by atoms with van der Waals surface area (Å²) in [6.45, 7) is 6.73. The van der Waals surface area contributed by atoms with Gasteiger partial charge >= 0.3 is 0 Å². The number of nitrogens with one attached hydrogen (secondary N) is 1. The summed E-state index contributed by atoms with van der Waals surface area (Å²) in [5.74, 6) is 0.0980. The summed E-state index contributed by atoms with van der Waals surface area (Å²) >= 11 is 0. The highest BCUT2D eigenvalue weighted by atomic mass is 32.2. The fourth-order valence-corrected chi connectivity index (χ4v) is 4.71. The molecule has 26 heavy (non-hydrogen) atoms. The predicted octanol–water partition coefficient (Wildman–Crippen LogP) is 3.61. The van der Waals surface area contributed by atoms with Crippen molar-refractivity contribution in [1.82, 2.24) is 9.78 Å². The zero-order valence-electron chi connectivity index (χ0n) is 15.6. The predicted molar refractivity (Wildman–Crippen MR) is 103 cm³/mol. The Balaban J connectivity index is 1.87. The van der Waals surface area contributed by atoms with Crippen molar-refractivity contribution in [3.05, 3.63) is 41.7 Å². The Hall–Kier alpha value is -1.86. The van der Waals surface area contributed by atoms with E-state index in [1.54, 1.807) is 6.20 Å². The number of hydrogen-bond acceptors (Lipinski definition) is 4. The first-order valence-electron chi connectivity index (χ1n) is 9.13. The topological polar surface area (TPSA) is 73.2 Å². The van der Waals surface area contributed by atoms with Crippen LogP contribution in [-0.4, -0.2) is 36.7 Å². The SMILES string of the molecule is Cc1ccccc1-n1ncc(NS(=O)(=O)C[C@@H]2CCCCO2)c1C(C)C. The number of ether oxygens (including phenoxy) is 1. The van der Waals surface area contributed by atoms with Gasteiger partial charge in [-0.05, 0) is 43.7 Å². The molecule has 1 aromatic carbocycles. The molecule has 0 bridgehead atoms. The molecule has 6 nitrogen and oxygen atoms in total. The van der Waals surface area contributed by atoms with Gasteiger partial charge in [0.15, 0.2) is 0 Å². The number of benzene rings is 1. The largest absolute Gasteiger partial charge is 0.377 e. The van der Waals surface area contributed by atoms with Gasteiger partial charge in [-0.3, -0.25) is 4.72 Å². The second-order valence-corrected chi connectivity index (χ2v) is 8.94. The van der Waals surface area contributed by atoms with Gasteiger partial charge in [-0.25, -0.2) is 13.1 Å². The number of sulfonamides is 1. The molecule has 0 radical (unpaired) electrons. The molecule has 2 aromatic rings. The molecule has 7 heteroatoms. The Labute approximate surface area is 155 Å². The van der Waals surface area contributed by atoms with Crippen LogP contribution >= 0.6 is 0 Å². The molecule has 1 N–H and O–H groups in total. The van der Waals surface area contributed by atoms with E-state index in [1.807, 2.05) is 49.7 Å². The van der Waals surface area contributed by atoms with Crippen LogP contribution in [-0.2, 0) is 14.8 Å². The van der Waals surface area contributed by atoms with Gasteiger partial charge in [0, 0.05) is 6.61 Å². The van der Waals surface area contributed by atoms with E-state index in [4.69, 9.17) is 4.74 Å². The zero-order valence-corrected chi connectivity index (χ0v) is 16.4. The van der Waals surface area contributed by atoms with E-state index in [0.29, 0.717) is 12.3 Å². The van der Waals surface area contributed by atoms with Gasteiger partial charge in [0.2, 0.25) is 10.0 Å². The van der Waals surface area contributed by atoms with Crippen LogP contribution in [0.4, 0.5) is 5.69 Å². The molecule has 1 atom stereocenters. The molecule has 142 valence electrons. The van der Waals surface area contributed by atoms with Gasteiger partial charge in [0.05, 0.1) is 35.1 Å². The molecule has 0 spiro atoms. The number of aromatic nitrogens is 2. The smallest absolute Gasteiger partial charge is 0.235 e. The molecular weight excluding hydrogens is 350 g/mol. The van der Waals surface area contributed by atoms with Crippen LogP contribution in [0.25, 0.3) is 5.69 Å². The molecule has 1 fully saturated rings. The molecule has 1 aromatic heterocycles. The van der Waals surface area contributed by atoms with E-state index >= 15 is 0 Å². The van der Waals surface area contributed by atoms with Gasteiger partial charge < -0.3 is 4.74 Å². The lowest BCUT2D eigenvalue weighted by atomic mass is 10.1. The van der Waals surface area contributed by atoms with Gasteiger partial charge in [0.1, 0.15) is 0 Å².